The molecule has 0 aromatic rings. The maximum absolute atomic E-state index is 3.84. The Bertz CT molecular complexity index is 213. The molecule has 108 valence electrons. The van der Waals surface area contributed by atoms with E-state index in [9.17, 15) is 0 Å². The molecular formula is C12H18Br6. The van der Waals surface area contributed by atoms with E-state index in [2.05, 4.69) is 95.6 Å². The Balaban J connectivity index is 2.71. The standard InChI is InChI=1S/C12H18Br6/c13-7-5-3-1-2-4-6-8(14)10(16)12(18)11(17)9(7)15/h7-12H,1-6H2/t7-,8-,9+,10+,11-,12-/m0/s1. The fourth-order valence-electron chi connectivity index (χ4n) is 2.10. The van der Waals surface area contributed by atoms with Gasteiger partial charge < -0.3 is 0 Å². The molecule has 0 aromatic heterocycles. The van der Waals surface area contributed by atoms with Crippen LogP contribution in [0.25, 0.3) is 0 Å². The molecule has 0 aliphatic heterocycles. The predicted octanol–water partition coefficient (Wildman–Crippen LogP) is 6.92. The van der Waals surface area contributed by atoms with Gasteiger partial charge in [0.2, 0.25) is 0 Å². The van der Waals surface area contributed by atoms with Gasteiger partial charge in [-0.25, -0.2) is 0 Å². The van der Waals surface area contributed by atoms with Crippen molar-refractivity contribution in [2.24, 2.45) is 0 Å². The maximum atomic E-state index is 3.84. The van der Waals surface area contributed by atoms with E-state index in [1.54, 1.807) is 0 Å². The van der Waals surface area contributed by atoms with E-state index in [1.165, 1.54) is 38.5 Å². The Hall–Kier alpha value is 2.88. The van der Waals surface area contributed by atoms with Crippen LogP contribution in [0.1, 0.15) is 38.5 Å². The molecule has 1 aliphatic rings. The van der Waals surface area contributed by atoms with E-state index in [-0.39, 0.29) is 0 Å². The fraction of sp³-hybridized carbons (Fsp3) is 1.00. The molecule has 0 radical (unpaired) electrons. The van der Waals surface area contributed by atoms with Crippen molar-refractivity contribution in [1.82, 2.24) is 0 Å². The van der Waals surface area contributed by atoms with Crippen molar-refractivity contribution in [1.29, 1.82) is 0 Å². The highest BCUT2D eigenvalue weighted by Gasteiger charge is 2.35. The SMILES string of the molecule is Br[C@@H]1[C@@H](Br)[C@H](Br)[C@@H](Br)CCCCCC[C@H](Br)[C@H]1Br. The van der Waals surface area contributed by atoms with Crippen LogP contribution >= 0.6 is 95.6 Å². The molecule has 0 nitrogen and oxygen atoms in total. The van der Waals surface area contributed by atoms with Gasteiger partial charge in [0.15, 0.2) is 0 Å². The predicted molar refractivity (Wildman–Crippen MR) is 104 cm³/mol. The monoisotopic (exact) mass is 636 g/mol. The van der Waals surface area contributed by atoms with Gasteiger partial charge in [0.1, 0.15) is 0 Å². The summed E-state index contributed by atoms with van der Waals surface area (Å²) in [4.78, 5) is 2.70. The molecule has 0 spiro atoms. The molecule has 0 bridgehead atoms. The smallest absolute Gasteiger partial charge is 0.0418 e. The summed E-state index contributed by atoms with van der Waals surface area (Å²) >= 11 is 23.0. The van der Waals surface area contributed by atoms with E-state index >= 15 is 0 Å². The van der Waals surface area contributed by atoms with Crippen LogP contribution in [0.4, 0.5) is 0 Å². The van der Waals surface area contributed by atoms with Gasteiger partial charge in [-0.1, -0.05) is 121 Å². The average molecular weight is 642 g/mol. The van der Waals surface area contributed by atoms with Gasteiger partial charge in [-0.2, -0.15) is 0 Å². The minimum Gasteiger partial charge on any atom is -0.0878 e. The molecular weight excluding hydrogens is 624 g/mol. The van der Waals surface area contributed by atoms with Crippen LogP contribution in [0.15, 0.2) is 0 Å². The lowest BCUT2D eigenvalue weighted by molar-refractivity contribution is 0.549. The first-order chi connectivity index (χ1) is 8.45. The molecule has 6 heteroatoms. The number of hydrogen-bond acceptors (Lipinski definition) is 0. The molecule has 0 aromatic carbocycles. The van der Waals surface area contributed by atoms with E-state index in [0.717, 1.165) is 0 Å². The van der Waals surface area contributed by atoms with E-state index in [4.69, 9.17) is 0 Å². The summed E-state index contributed by atoms with van der Waals surface area (Å²) in [6.07, 6.45) is 7.80. The highest BCUT2D eigenvalue weighted by Crippen LogP contribution is 2.37. The number of halogens is 6. The first-order valence-corrected chi connectivity index (χ1v) is 11.8. The molecule has 1 rings (SSSR count). The summed E-state index contributed by atoms with van der Waals surface area (Å²) in [5.74, 6) is 0. The van der Waals surface area contributed by atoms with Gasteiger partial charge in [0, 0.05) is 29.0 Å². The van der Waals surface area contributed by atoms with E-state index in [0.29, 0.717) is 29.0 Å². The summed E-state index contributed by atoms with van der Waals surface area (Å²) < 4.78 is 0. The van der Waals surface area contributed by atoms with Crippen LogP contribution in [0.5, 0.6) is 0 Å². The second-order valence-electron chi connectivity index (χ2n) is 4.80. The van der Waals surface area contributed by atoms with Crippen molar-refractivity contribution in [2.75, 3.05) is 0 Å². The van der Waals surface area contributed by atoms with Crippen LogP contribution in [0, 0.1) is 0 Å². The summed E-state index contributed by atoms with van der Waals surface area (Å²) in [5, 5.41) is 0. The third-order valence-electron chi connectivity index (χ3n) is 3.31. The lowest BCUT2D eigenvalue weighted by Crippen LogP contribution is -2.39. The maximum Gasteiger partial charge on any atom is 0.0418 e. The van der Waals surface area contributed by atoms with Crippen molar-refractivity contribution in [3.8, 4) is 0 Å². The minimum absolute atomic E-state index is 0.394. The molecule has 0 heterocycles. The van der Waals surface area contributed by atoms with E-state index < -0.39 is 0 Å². The summed E-state index contributed by atoms with van der Waals surface area (Å²) in [7, 11) is 0. The fourth-order valence-corrected chi connectivity index (χ4v) is 7.63. The van der Waals surface area contributed by atoms with Gasteiger partial charge in [-0.3, -0.25) is 0 Å². The first-order valence-electron chi connectivity index (χ1n) is 6.29. The van der Waals surface area contributed by atoms with Gasteiger partial charge in [-0.05, 0) is 12.8 Å². The Kier molecular flexibility index (Phi) is 10.3. The molecule has 6 atom stereocenters. The van der Waals surface area contributed by atoms with Crippen molar-refractivity contribution >= 4 is 95.6 Å². The lowest BCUT2D eigenvalue weighted by atomic mass is 10.0. The van der Waals surface area contributed by atoms with Gasteiger partial charge in [0.05, 0.1) is 0 Å². The summed E-state index contributed by atoms with van der Waals surface area (Å²) in [5.41, 5.74) is 0. The molecule has 0 unspecified atom stereocenters. The molecule has 18 heavy (non-hydrogen) atoms. The summed E-state index contributed by atoms with van der Waals surface area (Å²) in [6.45, 7) is 0. The summed E-state index contributed by atoms with van der Waals surface area (Å²) in [6, 6.07) is 0. The van der Waals surface area contributed by atoms with Crippen molar-refractivity contribution in [2.45, 2.75) is 67.5 Å². The molecule has 0 saturated heterocycles. The van der Waals surface area contributed by atoms with Crippen LogP contribution < -0.4 is 0 Å². The van der Waals surface area contributed by atoms with Crippen LogP contribution in [0.3, 0.4) is 0 Å². The Morgan fingerprint density at radius 3 is 1.11 bits per heavy atom. The number of alkyl halides is 6. The second-order valence-corrected chi connectivity index (χ2v) is 11.4. The number of hydrogen-bond donors (Lipinski definition) is 0. The minimum atomic E-state index is 0.394. The third kappa shape index (κ3) is 5.94. The molecule has 1 aliphatic carbocycles. The van der Waals surface area contributed by atoms with Gasteiger partial charge in [0.25, 0.3) is 0 Å². The highest BCUT2D eigenvalue weighted by atomic mass is 79.9. The second kappa shape index (κ2) is 9.81. The molecule has 1 fully saturated rings. The first kappa shape index (κ1) is 18.9. The van der Waals surface area contributed by atoms with Crippen molar-refractivity contribution < 1.29 is 0 Å². The highest BCUT2D eigenvalue weighted by molar-refractivity contribution is 9.15. The van der Waals surface area contributed by atoms with Crippen molar-refractivity contribution in [3.05, 3.63) is 0 Å². The van der Waals surface area contributed by atoms with Crippen LogP contribution in [0.2, 0.25) is 0 Å². The van der Waals surface area contributed by atoms with Crippen LogP contribution in [-0.4, -0.2) is 29.0 Å². The van der Waals surface area contributed by atoms with E-state index in [1.807, 2.05) is 0 Å². The van der Waals surface area contributed by atoms with Gasteiger partial charge >= 0.3 is 0 Å². The molecule has 0 N–H and O–H groups in total. The zero-order valence-corrected chi connectivity index (χ0v) is 19.5. The van der Waals surface area contributed by atoms with Crippen LogP contribution in [-0.2, 0) is 0 Å². The zero-order valence-electron chi connectivity index (χ0n) is 9.97. The quantitative estimate of drug-likeness (QED) is 0.252. The Labute approximate surface area is 161 Å². The third-order valence-corrected chi connectivity index (χ3v) is 13.6. The van der Waals surface area contributed by atoms with Crippen molar-refractivity contribution in [3.63, 3.8) is 0 Å². The zero-order chi connectivity index (χ0) is 13.7. The topological polar surface area (TPSA) is 0 Å². The molecule has 0 amide bonds. The molecule has 1 saturated carbocycles. The lowest BCUT2D eigenvalue weighted by Gasteiger charge is -2.31. The number of rotatable bonds is 0. The Morgan fingerprint density at radius 2 is 0.778 bits per heavy atom. The largest absolute Gasteiger partial charge is 0.0878 e. The van der Waals surface area contributed by atoms with Gasteiger partial charge in [-0.15, -0.1) is 0 Å². The average Bonchev–Trinajstić information content (AvgIpc) is 2.37. The Morgan fingerprint density at radius 1 is 0.444 bits per heavy atom. The normalized spacial score (nSPS) is 45.0.